The minimum Gasteiger partial charge on any atom is -0.744 e. The molecule has 0 fully saturated rings. The maximum atomic E-state index is 13.5. The van der Waals surface area contributed by atoms with Gasteiger partial charge in [-0.15, -0.1) is 0 Å². The van der Waals surface area contributed by atoms with E-state index in [4.69, 9.17) is 101 Å². The Labute approximate surface area is 613 Å². The summed E-state index contributed by atoms with van der Waals surface area (Å²) in [6, 6.07) is 22.0. The molecule has 3 aromatic carbocycles. The topological polar surface area (TPSA) is 302 Å². The Hall–Kier alpha value is -2.67. The molecule has 566 valence electrons. The van der Waals surface area contributed by atoms with Crippen molar-refractivity contribution in [1.82, 2.24) is 0 Å². The van der Waals surface area contributed by atoms with Crippen LogP contribution in [-0.2, 0) is 96.2 Å². The number of anilines is 2. The van der Waals surface area contributed by atoms with Crippen LogP contribution in [0.5, 0.6) is 0 Å². The maximum Gasteiger partial charge on any atom is 1.00 e. The standard InChI is InChI=1S/C71H122N2O24S.Na/c1-2-3-4-5-6-7-8-9-10-13-32-97-71(69-14-11-12-15-70(69)98(78,79)80,65-16-20-67(21-17-65)72(24-33-81-41-49-89-57-61-93-53-45-85-37-28-74)25-34-82-42-50-90-58-62-94-54-46-86-38-29-75)66-18-22-68(23-19-66)73(26-35-83-43-51-91-59-63-95-55-47-87-39-30-76)27-36-84-44-52-92-60-64-96-56-48-88-40-31-77;/h11-12,14-23,74-77H,2-10,13,24-64H2,1H3,(H,78,79,80);/q;+1/p-1. The minimum absolute atomic E-state index is 0. The first-order chi connectivity index (χ1) is 48.3. The van der Waals surface area contributed by atoms with E-state index in [2.05, 4.69) is 16.7 Å². The number of unbranched alkanes of at least 4 members (excludes halogenated alkanes) is 9. The van der Waals surface area contributed by atoms with Gasteiger partial charge in [-0.25, -0.2) is 8.42 Å². The van der Waals surface area contributed by atoms with E-state index in [1.807, 2.05) is 48.5 Å². The van der Waals surface area contributed by atoms with Crippen LogP contribution in [0.3, 0.4) is 0 Å². The summed E-state index contributed by atoms with van der Waals surface area (Å²) in [6.45, 7) is 16.1. The smallest absolute Gasteiger partial charge is 0.744 e. The number of ether oxygens (including phenoxy) is 17. The summed E-state index contributed by atoms with van der Waals surface area (Å²) >= 11 is 0. The molecule has 99 heavy (non-hydrogen) atoms. The molecule has 0 aliphatic heterocycles. The molecule has 0 saturated carbocycles. The molecule has 0 unspecified atom stereocenters. The van der Waals surface area contributed by atoms with Crippen molar-refractivity contribution in [1.29, 1.82) is 0 Å². The first-order valence-corrected chi connectivity index (χ1v) is 36.7. The van der Waals surface area contributed by atoms with Gasteiger partial charge in [-0.05, 0) is 47.9 Å². The molecule has 4 N–H and O–H groups in total. The van der Waals surface area contributed by atoms with E-state index in [1.54, 1.807) is 18.2 Å². The van der Waals surface area contributed by atoms with E-state index in [0.717, 1.165) is 30.6 Å². The molecular formula is C71H121N2NaO24S. The van der Waals surface area contributed by atoms with Crippen LogP contribution in [0.25, 0.3) is 0 Å². The van der Waals surface area contributed by atoms with Crippen molar-refractivity contribution in [2.45, 2.75) is 81.6 Å². The summed E-state index contributed by atoms with van der Waals surface area (Å²) in [5.41, 5.74) is 1.51. The summed E-state index contributed by atoms with van der Waals surface area (Å²) in [4.78, 5) is 3.92. The second-order valence-corrected chi connectivity index (χ2v) is 23.8. The fraction of sp³-hybridized carbons (Fsp3) is 0.746. The Morgan fingerprint density at radius 3 is 0.828 bits per heavy atom. The Morgan fingerprint density at radius 2 is 0.566 bits per heavy atom. The maximum absolute atomic E-state index is 13.5. The number of aliphatic hydroxyl groups is 4. The van der Waals surface area contributed by atoms with Gasteiger partial charge in [0.1, 0.15) is 15.7 Å². The third-order valence-electron chi connectivity index (χ3n) is 15.1. The van der Waals surface area contributed by atoms with Crippen molar-refractivity contribution < 1.29 is 143 Å². The fourth-order valence-corrected chi connectivity index (χ4v) is 10.8. The first-order valence-electron chi connectivity index (χ1n) is 35.3. The molecule has 0 spiro atoms. The van der Waals surface area contributed by atoms with Gasteiger partial charge in [0.05, 0.1) is 243 Å². The summed E-state index contributed by atoms with van der Waals surface area (Å²) < 4.78 is 138. The van der Waals surface area contributed by atoms with Gasteiger partial charge in [0.25, 0.3) is 0 Å². The van der Waals surface area contributed by atoms with E-state index in [9.17, 15) is 13.0 Å². The van der Waals surface area contributed by atoms with Crippen molar-refractivity contribution in [2.24, 2.45) is 0 Å². The molecule has 0 saturated heterocycles. The molecule has 0 radical (unpaired) electrons. The van der Waals surface area contributed by atoms with Crippen molar-refractivity contribution in [3.8, 4) is 0 Å². The number of hydrogen-bond acceptors (Lipinski definition) is 26. The summed E-state index contributed by atoms with van der Waals surface area (Å²) in [6.07, 6.45) is 11.1. The van der Waals surface area contributed by atoms with Gasteiger partial charge in [0.15, 0.2) is 0 Å². The molecule has 26 nitrogen and oxygen atoms in total. The normalized spacial score (nSPS) is 11.9. The van der Waals surface area contributed by atoms with Crippen molar-refractivity contribution in [3.63, 3.8) is 0 Å². The monoisotopic (exact) mass is 1440 g/mol. The van der Waals surface area contributed by atoms with Crippen LogP contribution in [-0.4, -0.2) is 304 Å². The molecule has 28 heteroatoms. The quantitative estimate of drug-likeness (QED) is 0.0273. The summed E-state index contributed by atoms with van der Waals surface area (Å²) in [7, 11) is -5.05. The molecule has 3 aromatic rings. The molecule has 0 aliphatic carbocycles. The molecule has 0 heterocycles. The average molecular weight is 1440 g/mol. The van der Waals surface area contributed by atoms with Gasteiger partial charge in [-0.3, -0.25) is 0 Å². The third-order valence-corrected chi connectivity index (χ3v) is 16.0. The third kappa shape index (κ3) is 46.0. The zero-order valence-electron chi connectivity index (χ0n) is 59.7. The number of rotatable bonds is 74. The largest absolute Gasteiger partial charge is 1.00 e. The van der Waals surface area contributed by atoms with Crippen LogP contribution in [0.1, 0.15) is 87.8 Å². The van der Waals surface area contributed by atoms with Crippen LogP contribution in [0.15, 0.2) is 77.7 Å². The molecule has 0 amide bonds. The minimum atomic E-state index is -5.05. The van der Waals surface area contributed by atoms with Gasteiger partial charge in [0, 0.05) is 49.7 Å². The summed E-state index contributed by atoms with van der Waals surface area (Å²) in [5, 5.41) is 35.6. The van der Waals surface area contributed by atoms with E-state index >= 15 is 0 Å². The number of nitrogens with zero attached hydrogens (tertiary/aromatic N) is 2. The first kappa shape index (κ1) is 92.4. The van der Waals surface area contributed by atoms with E-state index in [-0.39, 0.29) is 99.5 Å². The van der Waals surface area contributed by atoms with Crippen molar-refractivity contribution >= 4 is 21.5 Å². The number of hydrogen-bond donors (Lipinski definition) is 4. The zero-order chi connectivity index (χ0) is 70.2. The second-order valence-electron chi connectivity index (χ2n) is 22.4. The predicted molar refractivity (Wildman–Crippen MR) is 371 cm³/mol. The Kier molecular flexibility index (Phi) is 61.6. The number of aliphatic hydroxyl groups excluding tert-OH is 4. The van der Waals surface area contributed by atoms with Gasteiger partial charge >= 0.3 is 29.6 Å². The second kappa shape index (κ2) is 66.0. The Bertz CT molecular complexity index is 2180. The molecule has 3 rings (SSSR count). The Morgan fingerprint density at radius 1 is 0.323 bits per heavy atom. The van der Waals surface area contributed by atoms with Crippen molar-refractivity contribution in [2.75, 3.05) is 280 Å². The van der Waals surface area contributed by atoms with Gasteiger partial charge in [-0.2, -0.15) is 0 Å². The van der Waals surface area contributed by atoms with Crippen LogP contribution >= 0.6 is 0 Å². The van der Waals surface area contributed by atoms with E-state index < -0.39 is 15.7 Å². The fourth-order valence-electron chi connectivity index (χ4n) is 10.1. The van der Waals surface area contributed by atoms with Crippen LogP contribution in [0.2, 0.25) is 0 Å². The molecular weight excluding hydrogens is 1320 g/mol. The van der Waals surface area contributed by atoms with Gasteiger partial charge < -0.3 is 115 Å². The SMILES string of the molecule is CCCCCCCCCCCCOC(c1ccc(N(CCOCCOCCOCCOCCO)CCOCCOCCOCCOCCO)cc1)(c1ccc(N(CCOCCOCCOCCOCCO)CCOCCOCCOCCOCCO)cc1)c1ccccc1S(=O)(=O)[O-].[Na+]. The molecule has 0 bridgehead atoms. The van der Waals surface area contributed by atoms with Crippen LogP contribution in [0.4, 0.5) is 11.4 Å². The van der Waals surface area contributed by atoms with Crippen LogP contribution in [0, 0.1) is 0 Å². The molecule has 0 atom stereocenters. The predicted octanol–water partition coefficient (Wildman–Crippen LogP) is 2.67. The van der Waals surface area contributed by atoms with Crippen LogP contribution < -0.4 is 39.4 Å². The van der Waals surface area contributed by atoms with Gasteiger partial charge in [-0.1, -0.05) is 107 Å². The summed E-state index contributed by atoms with van der Waals surface area (Å²) in [5.74, 6) is 0. The molecule has 0 aliphatic rings. The molecule has 0 aromatic heterocycles. The zero-order valence-corrected chi connectivity index (χ0v) is 62.6. The van der Waals surface area contributed by atoms with Crippen molar-refractivity contribution in [3.05, 3.63) is 89.5 Å². The van der Waals surface area contributed by atoms with E-state index in [0.29, 0.717) is 229 Å². The Balaban J connectivity index is 0.0000333. The average Bonchev–Trinajstić information content (AvgIpc) is 0.739. The number of benzene rings is 3. The van der Waals surface area contributed by atoms with E-state index in [1.165, 1.54) is 44.6 Å². The van der Waals surface area contributed by atoms with Gasteiger partial charge in [0.2, 0.25) is 0 Å².